The summed E-state index contributed by atoms with van der Waals surface area (Å²) in [5.41, 5.74) is 0.894. The van der Waals surface area contributed by atoms with Crippen molar-refractivity contribution in [2.75, 3.05) is 30.5 Å². The predicted molar refractivity (Wildman–Crippen MR) is 89.6 cm³/mol. The summed E-state index contributed by atoms with van der Waals surface area (Å²) in [6.07, 6.45) is 6.47. The second-order valence-electron chi connectivity index (χ2n) is 4.77. The lowest BCUT2D eigenvalue weighted by atomic mass is 10.2. The predicted octanol–water partition coefficient (Wildman–Crippen LogP) is 4.33. The van der Waals surface area contributed by atoms with E-state index in [0.29, 0.717) is 12.4 Å². The highest BCUT2D eigenvalue weighted by Crippen LogP contribution is 2.30. The van der Waals surface area contributed by atoms with Crippen molar-refractivity contribution in [2.24, 2.45) is 0 Å². The average molecular weight is 312 g/mol. The van der Waals surface area contributed by atoms with E-state index in [1.54, 1.807) is 12.1 Å². The summed E-state index contributed by atoms with van der Waals surface area (Å²) < 4.78 is 5.46. The van der Waals surface area contributed by atoms with Gasteiger partial charge in [0, 0.05) is 24.4 Å². The number of nitrogens with one attached hydrogen (secondary N) is 1. The molecule has 1 aromatic carbocycles. The summed E-state index contributed by atoms with van der Waals surface area (Å²) in [7, 11) is 0. The first-order valence-corrected chi connectivity index (χ1v) is 8.72. The molecular weight excluding hydrogens is 288 g/mol. The van der Waals surface area contributed by atoms with E-state index in [-0.39, 0.29) is 5.69 Å². The molecule has 6 heteroatoms. The highest BCUT2D eigenvalue weighted by Gasteiger charge is 2.15. The largest absolute Gasteiger partial charge is 0.487 e. The van der Waals surface area contributed by atoms with Crippen LogP contribution in [0.25, 0.3) is 0 Å². The van der Waals surface area contributed by atoms with Crippen LogP contribution in [0.15, 0.2) is 18.2 Å². The Balaban J connectivity index is 2.52. The van der Waals surface area contributed by atoms with E-state index in [1.807, 2.05) is 18.7 Å². The molecule has 5 nitrogen and oxygen atoms in total. The molecular formula is C15H24N2O3S. The molecule has 118 valence electrons. The van der Waals surface area contributed by atoms with Crippen LogP contribution in [0.4, 0.5) is 11.4 Å². The molecule has 0 radical (unpaired) electrons. The molecule has 21 heavy (non-hydrogen) atoms. The van der Waals surface area contributed by atoms with E-state index in [9.17, 15) is 10.1 Å². The van der Waals surface area contributed by atoms with Crippen LogP contribution in [0.1, 0.15) is 32.6 Å². The quantitative estimate of drug-likeness (QED) is 0.374. The van der Waals surface area contributed by atoms with Gasteiger partial charge < -0.3 is 10.1 Å². The molecule has 0 fully saturated rings. The fourth-order valence-electron chi connectivity index (χ4n) is 1.88. The summed E-state index contributed by atoms with van der Waals surface area (Å²) >= 11 is 1.87. The Labute approximate surface area is 130 Å². The minimum Gasteiger partial charge on any atom is -0.487 e. The SMILES string of the molecule is CCCOc1cc(NCCCCCSC)ccc1[N+](=O)[O-]. The van der Waals surface area contributed by atoms with Gasteiger partial charge in [-0.25, -0.2) is 0 Å². The van der Waals surface area contributed by atoms with Gasteiger partial charge in [0.05, 0.1) is 11.5 Å². The third kappa shape index (κ3) is 6.71. The summed E-state index contributed by atoms with van der Waals surface area (Å²) in [6, 6.07) is 4.95. The number of nitro groups is 1. The maximum Gasteiger partial charge on any atom is 0.311 e. The topological polar surface area (TPSA) is 64.4 Å². The highest BCUT2D eigenvalue weighted by atomic mass is 32.2. The van der Waals surface area contributed by atoms with Crippen LogP contribution in [0, 0.1) is 10.1 Å². The minimum absolute atomic E-state index is 0.0222. The summed E-state index contributed by atoms with van der Waals surface area (Å²) in [6.45, 7) is 3.33. The van der Waals surface area contributed by atoms with E-state index in [1.165, 1.54) is 24.7 Å². The van der Waals surface area contributed by atoms with E-state index in [0.717, 1.165) is 25.1 Å². The van der Waals surface area contributed by atoms with Gasteiger partial charge in [-0.2, -0.15) is 11.8 Å². The lowest BCUT2D eigenvalue weighted by molar-refractivity contribution is -0.385. The number of ether oxygens (including phenoxy) is 1. The smallest absolute Gasteiger partial charge is 0.311 e. The van der Waals surface area contributed by atoms with E-state index in [4.69, 9.17) is 4.74 Å². The average Bonchev–Trinajstić information content (AvgIpc) is 2.48. The molecule has 0 spiro atoms. The van der Waals surface area contributed by atoms with Crippen molar-refractivity contribution in [3.05, 3.63) is 28.3 Å². The second-order valence-corrected chi connectivity index (χ2v) is 5.75. The van der Waals surface area contributed by atoms with Gasteiger partial charge in [0.15, 0.2) is 5.75 Å². The standard InChI is InChI=1S/C15H24N2O3S/c1-3-10-20-15-12-13(7-8-14(15)17(18)19)16-9-5-4-6-11-21-2/h7-8,12,16H,3-6,9-11H2,1-2H3. The number of hydrogen-bond acceptors (Lipinski definition) is 5. The molecule has 0 aliphatic rings. The van der Waals surface area contributed by atoms with Crippen LogP contribution in [0.2, 0.25) is 0 Å². The van der Waals surface area contributed by atoms with Crippen LogP contribution in [-0.4, -0.2) is 30.1 Å². The first-order valence-electron chi connectivity index (χ1n) is 7.33. The lowest BCUT2D eigenvalue weighted by Crippen LogP contribution is -2.04. The van der Waals surface area contributed by atoms with Crippen molar-refractivity contribution >= 4 is 23.1 Å². The van der Waals surface area contributed by atoms with Crippen LogP contribution >= 0.6 is 11.8 Å². The van der Waals surface area contributed by atoms with Crippen molar-refractivity contribution < 1.29 is 9.66 Å². The monoisotopic (exact) mass is 312 g/mol. The Morgan fingerprint density at radius 1 is 1.33 bits per heavy atom. The number of rotatable bonds is 11. The highest BCUT2D eigenvalue weighted by molar-refractivity contribution is 7.98. The first kappa shape index (κ1) is 17.6. The van der Waals surface area contributed by atoms with E-state index >= 15 is 0 Å². The van der Waals surface area contributed by atoms with Gasteiger partial charge in [-0.05, 0) is 37.3 Å². The molecule has 0 aromatic heterocycles. The summed E-state index contributed by atoms with van der Waals surface area (Å²) in [4.78, 5) is 10.6. The Bertz CT molecular complexity index is 441. The molecule has 1 N–H and O–H groups in total. The maximum atomic E-state index is 11.0. The molecule has 0 heterocycles. The van der Waals surface area contributed by atoms with Crippen LogP contribution < -0.4 is 10.1 Å². The fraction of sp³-hybridized carbons (Fsp3) is 0.600. The van der Waals surface area contributed by atoms with Gasteiger partial charge in [0.25, 0.3) is 0 Å². The van der Waals surface area contributed by atoms with E-state index < -0.39 is 4.92 Å². The lowest BCUT2D eigenvalue weighted by Gasteiger charge is -2.10. The van der Waals surface area contributed by atoms with Crippen LogP contribution in [0.5, 0.6) is 5.75 Å². The minimum atomic E-state index is -0.406. The summed E-state index contributed by atoms with van der Waals surface area (Å²) in [5, 5.41) is 14.3. The van der Waals surface area contributed by atoms with Crippen LogP contribution in [-0.2, 0) is 0 Å². The third-order valence-electron chi connectivity index (χ3n) is 2.97. The van der Waals surface area contributed by atoms with Gasteiger partial charge in [0.2, 0.25) is 0 Å². The molecule has 0 amide bonds. The second kappa shape index (κ2) is 10.3. The third-order valence-corrected chi connectivity index (χ3v) is 3.67. The normalized spacial score (nSPS) is 10.4. The fourth-order valence-corrected chi connectivity index (χ4v) is 2.38. The molecule has 0 unspecified atom stereocenters. The Kier molecular flexibility index (Phi) is 8.66. The number of nitro benzene ring substituents is 1. The first-order chi connectivity index (χ1) is 10.2. The van der Waals surface area contributed by atoms with Gasteiger partial charge in [-0.1, -0.05) is 13.3 Å². The molecule has 0 aliphatic carbocycles. The van der Waals surface area contributed by atoms with Crippen molar-refractivity contribution in [1.29, 1.82) is 0 Å². The van der Waals surface area contributed by atoms with Gasteiger partial charge in [0.1, 0.15) is 0 Å². The van der Waals surface area contributed by atoms with Crippen molar-refractivity contribution in [1.82, 2.24) is 0 Å². The zero-order valence-corrected chi connectivity index (χ0v) is 13.6. The molecule has 1 rings (SSSR count). The van der Waals surface area contributed by atoms with E-state index in [2.05, 4.69) is 11.6 Å². The van der Waals surface area contributed by atoms with Crippen molar-refractivity contribution in [3.8, 4) is 5.75 Å². The molecule has 0 bridgehead atoms. The number of nitrogens with zero attached hydrogens (tertiary/aromatic N) is 1. The Morgan fingerprint density at radius 3 is 2.81 bits per heavy atom. The Morgan fingerprint density at radius 2 is 2.14 bits per heavy atom. The summed E-state index contributed by atoms with van der Waals surface area (Å²) in [5.74, 6) is 1.54. The maximum absolute atomic E-state index is 11.0. The number of thioether (sulfide) groups is 1. The number of unbranched alkanes of at least 4 members (excludes halogenated alkanes) is 2. The molecule has 0 saturated heterocycles. The van der Waals surface area contributed by atoms with Crippen molar-refractivity contribution in [3.63, 3.8) is 0 Å². The Hall–Kier alpha value is -1.43. The molecule has 0 aliphatic heterocycles. The zero-order chi connectivity index (χ0) is 15.5. The van der Waals surface area contributed by atoms with Crippen LogP contribution in [0.3, 0.4) is 0 Å². The zero-order valence-electron chi connectivity index (χ0n) is 12.8. The molecule has 1 aromatic rings. The number of benzene rings is 1. The number of hydrogen-bond donors (Lipinski definition) is 1. The van der Waals surface area contributed by atoms with Gasteiger partial charge in [-0.15, -0.1) is 0 Å². The molecule has 0 atom stereocenters. The number of anilines is 1. The molecule has 0 saturated carbocycles. The van der Waals surface area contributed by atoms with Gasteiger partial charge >= 0.3 is 5.69 Å². The van der Waals surface area contributed by atoms with Crippen molar-refractivity contribution in [2.45, 2.75) is 32.6 Å². The van der Waals surface area contributed by atoms with Gasteiger partial charge in [-0.3, -0.25) is 10.1 Å².